The fraction of sp³-hybridized carbons (Fsp3) is 0.143. The average molecular weight is 425 g/mol. The molecule has 0 saturated heterocycles. The molecule has 1 aromatic carbocycles. The number of amides is 1. The highest BCUT2D eigenvalue weighted by Crippen LogP contribution is 2.29. The predicted molar refractivity (Wildman–Crippen MR) is 92.1 cm³/mol. The van der Waals surface area contributed by atoms with Crippen LogP contribution in [-0.2, 0) is 4.79 Å². The van der Waals surface area contributed by atoms with E-state index in [1.807, 2.05) is 0 Å². The first-order chi connectivity index (χ1) is 10.4. The van der Waals surface area contributed by atoms with Crippen LogP contribution in [0.5, 0.6) is 5.75 Å². The average Bonchev–Trinajstić information content (AvgIpc) is 2.44. The minimum atomic E-state index is -0.758. The fourth-order valence-corrected chi connectivity index (χ4v) is 2.74. The van der Waals surface area contributed by atoms with E-state index in [2.05, 4.69) is 26.2 Å². The molecule has 1 N–H and O–H groups in total. The normalized spacial score (nSPS) is 11.9. The number of halogens is 4. The van der Waals surface area contributed by atoms with Gasteiger partial charge in [-0.1, -0.05) is 34.8 Å². The van der Waals surface area contributed by atoms with Gasteiger partial charge in [-0.05, 0) is 47.1 Å². The molecule has 0 aliphatic rings. The summed E-state index contributed by atoms with van der Waals surface area (Å²) in [7, 11) is 0. The van der Waals surface area contributed by atoms with Gasteiger partial charge in [0.25, 0.3) is 5.91 Å². The van der Waals surface area contributed by atoms with Crippen LogP contribution in [0.1, 0.15) is 6.92 Å². The Bertz CT molecular complexity index is 712. The van der Waals surface area contributed by atoms with Crippen LogP contribution in [0.15, 0.2) is 34.9 Å². The summed E-state index contributed by atoms with van der Waals surface area (Å²) in [5, 5.41) is 3.78. The van der Waals surface area contributed by atoms with E-state index in [1.54, 1.807) is 25.1 Å². The van der Waals surface area contributed by atoms with Crippen molar-refractivity contribution in [2.24, 2.45) is 0 Å². The third-order valence-electron chi connectivity index (χ3n) is 2.62. The van der Waals surface area contributed by atoms with Crippen LogP contribution in [-0.4, -0.2) is 17.0 Å². The van der Waals surface area contributed by atoms with Gasteiger partial charge in [0.05, 0.1) is 14.5 Å². The third-order valence-corrected chi connectivity index (χ3v) is 3.97. The lowest BCUT2D eigenvalue weighted by atomic mass is 10.3. The van der Waals surface area contributed by atoms with Gasteiger partial charge in [0.1, 0.15) is 5.75 Å². The molecule has 2 aromatic rings. The summed E-state index contributed by atoms with van der Waals surface area (Å²) in [5.41, 5.74) is 0. The van der Waals surface area contributed by atoms with Gasteiger partial charge in [0.15, 0.2) is 11.9 Å². The lowest BCUT2D eigenvalue weighted by Gasteiger charge is -2.16. The molecule has 1 aromatic heterocycles. The van der Waals surface area contributed by atoms with Crippen molar-refractivity contribution in [1.29, 1.82) is 0 Å². The van der Waals surface area contributed by atoms with Gasteiger partial charge in [0, 0.05) is 11.2 Å². The van der Waals surface area contributed by atoms with Crippen LogP contribution >= 0.6 is 50.7 Å². The molecule has 1 unspecified atom stereocenters. The molecule has 0 aliphatic heterocycles. The Kier molecular flexibility index (Phi) is 5.92. The Labute approximate surface area is 150 Å². The number of anilines is 1. The molecule has 4 nitrogen and oxygen atoms in total. The van der Waals surface area contributed by atoms with Gasteiger partial charge in [-0.15, -0.1) is 0 Å². The lowest BCUT2D eigenvalue weighted by Crippen LogP contribution is -2.30. The Morgan fingerprint density at radius 2 is 2.00 bits per heavy atom. The summed E-state index contributed by atoms with van der Waals surface area (Å²) in [6.45, 7) is 1.61. The SMILES string of the molecule is CC(Oc1ccc(Cl)cc1Br)C(=O)Nc1ncc(Cl)cc1Cl. The molecule has 0 aliphatic carbocycles. The van der Waals surface area contributed by atoms with Crippen LogP contribution in [0.2, 0.25) is 15.1 Å². The number of nitrogens with zero attached hydrogens (tertiary/aromatic N) is 1. The largest absolute Gasteiger partial charge is 0.480 e. The fourth-order valence-electron chi connectivity index (χ4n) is 1.54. The lowest BCUT2D eigenvalue weighted by molar-refractivity contribution is -0.122. The standard InChI is InChI=1S/C14H10BrCl3N2O2/c1-7(22-12-3-2-8(16)4-10(12)15)14(21)20-13-11(18)5-9(17)6-19-13/h2-7H,1H3,(H,19,20,21). The van der Waals surface area contributed by atoms with Crippen molar-refractivity contribution in [2.45, 2.75) is 13.0 Å². The molecule has 0 saturated carbocycles. The van der Waals surface area contributed by atoms with Crippen LogP contribution in [0.3, 0.4) is 0 Å². The molecule has 22 heavy (non-hydrogen) atoms. The first kappa shape index (κ1) is 17.3. The number of carbonyl (C=O) groups is 1. The van der Waals surface area contributed by atoms with Crippen LogP contribution in [0.4, 0.5) is 5.82 Å². The molecule has 1 amide bonds. The second-order valence-electron chi connectivity index (χ2n) is 4.31. The number of rotatable bonds is 4. The van der Waals surface area contributed by atoms with Gasteiger partial charge in [0.2, 0.25) is 0 Å². The van der Waals surface area contributed by atoms with E-state index in [0.29, 0.717) is 20.3 Å². The first-order valence-corrected chi connectivity index (χ1v) is 8.03. The topological polar surface area (TPSA) is 51.2 Å². The molecule has 2 rings (SSSR count). The van der Waals surface area contributed by atoms with Gasteiger partial charge in [-0.25, -0.2) is 4.98 Å². The maximum absolute atomic E-state index is 12.1. The minimum absolute atomic E-state index is 0.224. The number of pyridine rings is 1. The molecular weight excluding hydrogens is 414 g/mol. The molecule has 0 fully saturated rings. The second kappa shape index (κ2) is 7.51. The monoisotopic (exact) mass is 422 g/mol. The van der Waals surface area contributed by atoms with Crippen molar-refractivity contribution in [3.8, 4) is 5.75 Å². The van der Waals surface area contributed by atoms with Crippen molar-refractivity contribution in [2.75, 3.05) is 5.32 Å². The van der Waals surface area contributed by atoms with Crippen molar-refractivity contribution in [1.82, 2.24) is 4.98 Å². The summed E-state index contributed by atoms with van der Waals surface area (Å²) >= 11 is 20.9. The van der Waals surface area contributed by atoms with Crippen LogP contribution in [0.25, 0.3) is 0 Å². The number of carbonyl (C=O) groups excluding carboxylic acids is 1. The van der Waals surface area contributed by atoms with E-state index in [4.69, 9.17) is 39.5 Å². The maximum Gasteiger partial charge on any atom is 0.266 e. The molecule has 0 bridgehead atoms. The molecular formula is C14H10BrCl3N2O2. The van der Waals surface area contributed by atoms with Crippen molar-refractivity contribution >= 4 is 62.5 Å². The van der Waals surface area contributed by atoms with Crippen molar-refractivity contribution in [3.05, 3.63) is 50.0 Å². The first-order valence-electron chi connectivity index (χ1n) is 6.10. The number of ether oxygens (including phenoxy) is 1. The number of hydrogen-bond acceptors (Lipinski definition) is 3. The van der Waals surface area contributed by atoms with E-state index in [9.17, 15) is 4.79 Å². The molecule has 0 spiro atoms. The Morgan fingerprint density at radius 3 is 2.64 bits per heavy atom. The van der Waals surface area contributed by atoms with E-state index < -0.39 is 12.0 Å². The Balaban J connectivity index is 2.05. The third kappa shape index (κ3) is 4.49. The Morgan fingerprint density at radius 1 is 1.27 bits per heavy atom. The van der Waals surface area contributed by atoms with Crippen LogP contribution < -0.4 is 10.1 Å². The second-order valence-corrected chi connectivity index (χ2v) is 6.44. The summed E-state index contributed by atoms with van der Waals surface area (Å²) < 4.78 is 6.24. The molecule has 1 heterocycles. The number of aromatic nitrogens is 1. The highest BCUT2D eigenvalue weighted by molar-refractivity contribution is 9.10. The molecule has 1 atom stereocenters. The zero-order valence-electron chi connectivity index (χ0n) is 11.2. The van der Waals surface area contributed by atoms with E-state index in [1.165, 1.54) is 12.3 Å². The van der Waals surface area contributed by atoms with Crippen molar-refractivity contribution in [3.63, 3.8) is 0 Å². The van der Waals surface area contributed by atoms with Gasteiger partial charge in [-0.3, -0.25) is 4.79 Å². The van der Waals surface area contributed by atoms with E-state index in [-0.39, 0.29) is 10.8 Å². The van der Waals surface area contributed by atoms with Crippen LogP contribution in [0, 0.1) is 0 Å². The predicted octanol–water partition coefficient (Wildman–Crippen LogP) is 5.21. The van der Waals surface area contributed by atoms with Gasteiger partial charge < -0.3 is 10.1 Å². The van der Waals surface area contributed by atoms with E-state index >= 15 is 0 Å². The quantitative estimate of drug-likeness (QED) is 0.733. The summed E-state index contributed by atoms with van der Waals surface area (Å²) in [6, 6.07) is 6.51. The summed E-state index contributed by atoms with van der Waals surface area (Å²) in [4.78, 5) is 16.1. The number of hydrogen-bond donors (Lipinski definition) is 1. The molecule has 8 heteroatoms. The zero-order chi connectivity index (χ0) is 16.3. The molecule has 0 radical (unpaired) electrons. The van der Waals surface area contributed by atoms with Gasteiger partial charge in [-0.2, -0.15) is 0 Å². The van der Waals surface area contributed by atoms with E-state index in [0.717, 1.165) is 0 Å². The number of benzene rings is 1. The zero-order valence-corrected chi connectivity index (χ0v) is 15.1. The smallest absolute Gasteiger partial charge is 0.266 e. The summed E-state index contributed by atoms with van der Waals surface area (Å²) in [5.74, 6) is 0.336. The van der Waals surface area contributed by atoms with Gasteiger partial charge >= 0.3 is 0 Å². The minimum Gasteiger partial charge on any atom is -0.480 e. The van der Waals surface area contributed by atoms with Crippen molar-refractivity contribution < 1.29 is 9.53 Å². The Hall–Kier alpha value is -1.01. The highest BCUT2D eigenvalue weighted by atomic mass is 79.9. The highest BCUT2D eigenvalue weighted by Gasteiger charge is 2.18. The summed E-state index contributed by atoms with van der Waals surface area (Å²) in [6.07, 6.45) is 0.635. The molecule has 116 valence electrons. The maximum atomic E-state index is 12.1. The number of nitrogens with one attached hydrogen (secondary N) is 1.